The van der Waals surface area contributed by atoms with Crippen LogP contribution < -0.4 is 16.0 Å². The molecule has 0 bridgehead atoms. The van der Waals surface area contributed by atoms with Crippen molar-refractivity contribution >= 4 is 35.2 Å². The quantitative estimate of drug-likeness (QED) is 0.280. The molecule has 0 aliphatic carbocycles. The third-order valence-electron chi connectivity index (χ3n) is 6.80. The van der Waals surface area contributed by atoms with Crippen LogP contribution in [0.15, 0.2) is 18.2 Å². The molecule has 3 aliphatic rings. The van der Waals surface area contributed by atoms with Crippen molar-refractivity contribution in [2.75, 3.05) is 38.2 Å². The predicted octanol–water partition coefficient (Wildman–Crippen LogP) is 1.37. The number of fused-ring (bicyclic) bond motifs is 1. The molecule has 3 N–H and O–H groups in total. The van der Waals surface area contributed by atoms with Crippen molar-refractivity contribution in [3.05, 3.63) is 29.3 Å². The zero-order valence-corrected chi connectivity index (χ0v) is 20.9. The zero-order chi connectivity index (χ0) is 26.2. The zero-order valence-electron chi connectivity index (χ0n) is 20.9. The predicted molar refractivity (Wildman–Crippen MR) is 133 cm³/mol. The lowest BCUT2D eigenvalue weighted by Crippen LogP contribution is -2.54. The van der Waals surface area contributed by atoms with E-state index in [-0.39, 0.29) is 42.0 Å². The Hall–Kier alpha value is -3.15. The molecule has 0 saturated carbocycles. The normalized spacial score (nSPS) is 20.2. The maximum Gasteiger partial charge on any atom is 0.264 e. The van der Waals surface area contributed by atoms with Gasteiger partial charge in [0.25, 0.3) is 11.8 Å². The number of anilines is 1. The van der Waals surface area contributed by atoms with Gasteiger partial charge in [0.15, 0.2) is 0 Å². The number of hydrogen-bond acceptors (Lipinski definition) is 8. The third kappa shape index (κ3) is 6.79. The lowest BCUT2D eigenvalue weighted by Gasteiger charge is -2.27. The smallest absolute Gasteiger partial charge is 0.264 e. The van der Waals surface area contributed by atoms with Gasteiger partial charge in [-0.2, -0.15) is 0 Å². The van der Waals surface area contributed by atoms with Crippen molar-refractivity contribution in [2.24, 2.45) is 0 Å². The molecule has 11 heteroatoms. The lowest BCUT2D eigenvalue weighted by molar-refractivity contribution is -0.136. The van der Waals surface area contributed by atoms with E-state index in [1.807, 2.05) is 0 Å². The first kappa shape index (κ1) is 26.9. The van der Waals surface area contributed by atoms with Crippen molar-refractivity contribution < 1.29 is 33.4 Å². The second-order valence-electron chi connectivity index (χ2n) is 9.47. The number of hydrogen-bond donors (Lipinski definition) is 3. The standard InChI is InChI=1S/C26H34N4O7/c31-21(7-2-1-3-14-36-15-16-37-17-10-12-27-13-11-17)28-19-6-4-5-18-23(19)26(35)30(25(18)34)20-8-9-22(32)29-24(20)33/h4-6,17,20,27H,1-3,7-16H2,(H,28,31)(H,29,32,33). The van der Waals surface area contributed by atoms with Crippen molar-refractivity contribution in [3.8, 4) is 0 Å². The van der Waals surface area contributed by atoms with E-state index in [0.717, 1.165) is 43.7 Å². The molecular weight excluding hydrogens is 480 g/mol. The Morgan fingerprint density at radius 2 is 1.78 bits per heavy atom. The molecule has 3 aliphatic heterocycles. The molecule has 37 heavy (non-hydrogen) atoms. The average Bonchev–Trinajstić information content (AvgIpc) is 3.14. The minimum absolute atomic E-state index is 0.0462. The maximum atomic E-state index is 13.1. The molecular formula is C26H34N4O7. The minimum atomic E-state index is -1.05. The van der Waals surface area contributed by atoms with Gasteiger partial charge in [0.05, 0.1) is 36.1 Å². The SMILES string of the molecule is O=C1CCC(N2C(=O)c3cccc(NC(=O)CCCCCOCCOC4CCNCC4)c3C2=O)C(=O)N1. The van der Waals surface area contributed by atoms with Crippen LogP contribution in [0.5, 0.6) is 0 Å². The summed E-state index contributed by atoms with van der Waals surface area (Å²) in [5.41, 5.74) is 0.451. The molecule has 1 unspecified atom stereocenters. The molecule has 0 spiro atoms. The Kier molecular flexibility index (Phi) is 9.37. The molecule has 0 radical (unpaired) electrons. The van der Waals surface area contributed by atoms with Crippen LogP contribution in [0, 0.1) is 0 Å². The van der Waals surface area contributed by atoms with Crippen molar-refractivity contribution in [2.45, 2.75) is 63.5 Å². The first-order chi connectivity index (χ1) is 18.0. The molecule has 200 valence electrons. The Bertz CT molecular complexity index is 1040. The lowest BCUT2D eigenvalue weighted by atomic mass is 10.0. The highest BCUT2D eigenvalue weighted by Gasteiger charge is 2.45. The third-order valence-corrected chi connectivity index (χ3v) is 6.80. The number of carbonyl (C=O) groups is 5. The fourth-order valence-corrected chi connectivity index (χ4v) is 4.84. The van der Waals surface area contributed by atoms with E-state index in [2.05, 4.69) is 16.0 Å². The minimum Gasteiger partial charge on any atom is -0.379 e. The highest BCUT2D eigenvalue weighted by molar-refractivity contribution is 6.26. The second-order valence-corrected chi connectivity index (χ2v) is 9.47. The fourth-order valence-electron chi connectivity index (χ4n) is 4.84. The van der Waals surface area contributed by atoms with Gasteiger partial charge in [-0.3, -0.25) is 34.2 Å². The van der Waals surface area contributed by atoms with Crippen LogP contribution >= 0.6 is 0 Å². The number of nitrogens with one attached hydrogen (secondary N) is 3. The highest BCUT2D eigenvalue weighted by atomic mass is 16.5. The summed E-state index contributed by atoms with van der Waals surface area (Å²) in [5, 5.41) is 8.22. The topological polar surface area (TPSA) is 143 Å². The van der Waals surface area contributed by atoms with E-state index in [4.69, 9.17) is 9.47 Å². The number of unbranched alkanes of at least 4 members (excludes halogenated alkanes) is 2. The molecule has 1 aromatic rings. The molecule has 3 heterocycles. The van der Waals surface area contributed by atoms with Gasteiger partial charge in [0, 0.05) is 19.4 Å². The first-order valence-electron chi connectivity index (χ1n) is 13.0. The van der Waals surface area contributed by atoms with Crippen LogP contribution in [0.4, 0.5) is 5.69 Å². The van der Waals surface area contributed by atoms with Crippen LogP contribution in [-0.4, -0.2) is 79.5 Å². The number of nitrogens with zero attached hydrogens (tertiary/aromatic N) is 1. The van der Waals surface area contributed by atoms with Gasteiger partial charge in [-0.1, -0.05) is 12.5 Å². The summed E-state index contributed by atoms with van der Waals surface area (Å²) in [4.78, 5) is 63.1. The summed E-state index contributed by atoms with van der Waals surface area (Å²) in [6.07, 6.45) is 5.09. The largest absolute Gasteiger partial charge is 0.379 e. The molecule has 0 aromatic heterocycles. The summed E-state index contributed by atoms with van der Waals surface area (Å²) in [6.45, 7) is 3.77. The summed E-state index contributed by atoms with van der Waals surface area (Å²) in [6, 6.07) is 3.59. The maximum absolute atomic E-state index is 13.1. The molecule has 1 aromatic carbocycles. The van der Waals surface area contributed by atoms with Crippen LogP contribution in [0.2, 0.25) is 0 Å². The number of rotatable bonds is 12. The van der Waals surface area contributed by atoms with Gasteiger partial charge in [-0.05, 0) is 57.3 Å². The van der Waals surface area contributed by atoms with Gasteiger partial charge in [-0.25, -0.2) is 0 Å². The molecule has 5 amide bonds. The molecule has 2 saturated heterocycles. The summed E-state index contributed by atoms with van der Waals surface area (Å²) in [7, 11) is 0. The van der Waals surface area contributed by atoms with Crippen LogP contribution in [0.3, 0.4) is 0 Å². The van der Waals surface area contributed by atoms with E-state index in [1.54, 1.807) is 12.1 Å². The van der Waals surface area contributed by atoms with E-state index >= 15 is 0 Å². The van der Waals surface area contributed by atoms with Gasteiger partial charge in [0.1, 0.15) is 6.04 Å². The van der Waals surface area contributed by atoms with Crippen LogP contribution in [0.25, 0.3) is 0 Å². The Morgan fingerprint density at radius 1 is 0.973 bits per heavy atom. The van der Waals surface area contributed by atoms with Gasteiger partial charge >= 0.3 is 0 Å². The number of ether oxygens (including phenoxy) is 2. The van der Waals surface area contributed by atoms with Gasteiger partial charge < -0.3 is 20.1 Å². The van der Waals surface area contributed by atoms with E-state index in [0.29, 0.717) is 32.3 Å². The Labute approximate surface area is 215 Å². The van der Waals surface area contributed by atoms with Crippen LogP contribution in [0.1, 0.15) is 72.1 Å². The van der Waals surface area contributed by atoms with E-state index in [9.17, 15) is 24.0 Å². The molecule has 2 fully saturated rings. The monoisotopic (exact) mass is 514 g/mol. The van der Waals surface area contributed by atoms with E-state index in [1.165, 1.54) is 6.07 Å². The number of piperidine rings is 2. The molecule has 11 nitrogen and oxygen atoms in total. The number of carbonyl (C=O) groups excluding carboxylic acids is 5. The number of amides is 5. The summed E-state index contributed by atoms with van der Waals surface area (Å²) < 4.78 is 11.4. The van der Waals surface area contributed by atoms with Crippen molar-refractivity contribution in [1.29, 1.82) is 0 Å². The molecule has 1 atom stereocenters. The first-order valence-corrected chi connectivity index (χ1v) is 13.0. The molecule has 4 rings (SSSR count). The second kappa shape index (κ2) is 12.9. The van der Waals surface area contributed by atoms with Gasteiger partial charge in [-0.15, -0.1) is 0 Å². The Morgan fingerprint density at radius 3 is 2.57 bits per heavy atom. The Balaban J connectivity index is 1.18. The van der Waals surface area contributed by atoms with Crippen LogP contribution in [-0.2, 0) is 23.9 Å². The number of imide groups is 2. The summed E-state index contributed by atoms with van der Waals surface area (Å²) in [5.74, 6) is -2.61. The summed E-state index contributed by atoms with van der Waals surface area (Å²) >= 11 is 0. The van der Waals surface area contributed by atoms with E-state index < -0.39 is 29.7 Å². The fraction of sp³-hybridized carbons (Fsp3) is 0.577. The average molecular weight is 515 g/mol. The van der Waals surface area contributed by atoms with Crippen molar-refractivity contribution in [1.82, 2.24) is 15.5 Å². The van der Waals surface area contributed by atoms with Gasteiger partial charge in [0.2, 0.25) is 17.7 Å². The number of benzene rings is 1. The van der Waals surface area contributed by atoms with Crippen molar-refractivity contribution in [3.63, 3.8) is 0 Å². The highest BCUT2D eigenvalue weighted by Crippen LogP contribution is 2.32.